The zero-order chi connectivity index (χ0) is 13.2. The van der Waals surface area contributed by atoms with Gasteiger partial charge in [0, 0.05) is 37.6 Å². The second kappa shape index (κ2) is 5.87. The predicted octanol–water partition coefficient (Wildman–Crippen LogP) is 1.91. The number of hydrogen-bond acceptors (Lipinski definition) is 4. The summed E-state index contributed by atoms with van der Waals surface area (Å²) >= 11 is 1.83. The molecule has 2 atom stereocenters. The van der Waals surface area contributed by atoms with Crippen molar-refractivity contribution in [3.63, 3.8) is 0 Å². The number of ether oxygens (including phenoxy) is 1. The third-order valence-corrected chi connectivity index (χ3v) is 5.20. The van der Waals surface area contributed by atoms with Crippen LogP contribution in [0.25, 0.3) is 0 Å². The van der Waals surface area contributed by atoms with Gasteiger partial charge in [0.05, 0.1) is 19.3 Å². The molecule has 2 saturated heterocycles. The lowest BCUT2D eigenvalue weighted by Gasteiger charge is -2.37. The molecule has 0 aromatic carbocycles. The minimum atomic E-state index is -0.800. The molecule has 0 N–H and O–H groups in total. The van der Waals surface area contributed by atoms with Crippen LogP contribution in [0.5, 0.6) is 0 Å². The quantitative estimate of drug-likeness (QED) is 0.843. The molecule has 2 fully saturated rings. The molecular weight excluding hydrogens is 263 g/mol. The first-order valence-electron chi connectivity index (χ1n) is 6.95. The number of hydrogen-bond donors (Lipinski definition) is 0. The van der Waals surface area contributed by atoms with Crippen LogP contribution in [0.2, 0.25) is 0 Å². The van der Waals surface area contributed by atoms with Crippen LogP contribution >= 0.6 is 11.3 Å². The van der Waals surface area contributed by atoms with Gasteiger partial charge in [0.1, 0.15) is 6.17 Å². The Hall–Kier alpha value is -0.490. The molecule has 1 aromatic heterocycles. The molecule has 0 radical (unpaired) electrons. The van der Waals surface area contributed by atoms with Gasteiger partial charge < -0.3 is 4.74 Å². The van der Waals surface area contributed by atoms with Crippen LogP contribution in [0.15, 0.2) is 11.4 Å². The average Bonchev–Trinajstić information content (AvgIpc) is 3.00. The SMILES string of the molecule is Cc1ccsc1CN1CCN(C2COCC2F)CC1. The first-order chi connectivity index (χ1) is 9.24. The highest BCUT2D eigenvalue weighted by Gasteiger charge is 2.34. The molecular formula is C14H21FN2OS. The normalized spacial score (nSPS) is 30.0. The Morgan fingerprint density at radius 2 is 2.11 bits per heavy atom. The summed E-state index contributed by atoms with van der Waals surface area (Å²) in [5, 5.41) is 2.16. The Morgan fingerprint density at radius 3 is 2.68 bits per heavy atom. The van der Waals surface area contributed by atoms with Crippen molar-refractivity contribution < 1.29 is 9.13 Å². The molecule has 106 valence electrons. The molecule has 3 rings (SSSR count). The minimum Gasteiger partial charge on any atom is -0.377 e. The predicted molar refractivity (Wildman–Crippen MR) is 75.4 cm³/mol. The summed E-state index contributed by atoms with van der Waals surface area (Å²) in [5.41, 5.74) is 1.39. The number of halogens is 1. The highest BCUT2D eigenvalue weighted by Crippen LogP contribution is 2.21. The number of rotatable bonds is 3. The number of aryl methyl sites for hydroxylation is 1. The van der Waals surface area contributed by atoms with Crippen molar-refractivity contribution >= 4 is 11.3 Å². The van der Waals surface area contributed by atoms with Gasteiger partial charge in [-0.15, -0.1) is 11.3 Å². The lowest BCUT2D eigenvalue weighted by atomic mass is 10.1. The molecule has 0 bridgehead atoms. The van der Waals surface area contributed by atoms with Gasteiger partial charge in [0.15, 0.2) is 0 Å². The Labute approximate surface area is 118 Å². The van der Waals surface area contributed by atoms with E-state index in [4.69, 9.17) is 4.74 Å². The lowest BCUT2D eigenvalue weighted by Crippen LogP contribution is -2.52. The lowest BCUT2D eigenvalue weighted by molar-refractivity contribution is 0.0672. The van der Waals surface area contributed by atoms with Crippen molar-refractivity contribution in [3.8, 4) is 0 Å². The maximum absolute atomic E-state index is 13.6. The second-order valence-corrected chi connectivity index (χ2v) is 6.46. The fraction of sp³-hybridized carbons (Fsp3) is 0.714. The smallest absolute Gasteiger partial charge is 0.141 e. The molecule has 1 aromatic rings. The molecule has 0 saturated carbocycles. The van der Waals surface area contributed by atoms with E-state index in [1.165, 1.54) is 10.4 Å². The topological polar surface area (TPSA) is 15.7 Å². The van der Waals surface area contributed by atoms with E-state index >= 15 is 0 Å². The van der Waals surface area contributed by atoms with Crippen molar-refractivity contribution in [3.05, 3.63) is 21.9 Å². The Bertz CT molecular complexity index is 417. The highest BCUT2D eigenvalue weighted by atomic mass is 32.1. The highest BCUT2D eigenvalue weighted by molar-refractivity contribution is 7.10. The van der Waals surface area contributed by atoms with E-state index in [9.17, 15) is 4.39 Å². The summed E-state index contributed by atoms with van der Waals surface area (Å²) in [6, 6.07) is 2.17. The van der Waals surface area contributed by atoms with E-state index in [0.717, 1.165) is 32.7 Å². The van der Waals surface area contributed by atoms with Crippen molar-refractivity contribution in [1.29, 1.82) is 0 Å². The molecule has 0 spiro atoms. The Kier molecular flexibility index (Phi) is 4.17. The van der Waals surface area contributed by atoms with Gasteiger partial charge in [-0.25, -0.2) is 4.39 Å². The number of piperazine rings is 1. The van der Waals surface area contributed by atoms with E-state index in [1.54, 1.807) is 0 Å². The Morgan fingerprint density at radius 1 is 1.32 bits per heavy atom. The number of thiophene rings is 1. The van der Waals surface area contributed by atoms with Crippen molar-refractivity contribution in [2.24, 2.45) is 0 Å². The van der Waals surface area contributed by atoms with Gasteiger partial charge in [-0.3, -0.25) is 9.80 Å². The van der Waals surface area contributed by atoms with E-state index in [0.29, 0.717) is 6.61 Å². The van der Waals surface area contributed by atoms with Gasteiger partial charge in [-0.2, -0.15) is 0 Å². The van der Waals surface area contributed by atoms with E-state index in [-0.39, 0.29) is 12.6 Å². The number of nitrogens with zero attached hydrogens (tertiary/aromatic N) is 2. The molecule has 19 heavy (non-hydrogen) atoms. The first-order valence-corrected chi connectivity index (χ1v) is 7.83. The molecule has 3 nitrogen and oxygen atoms in total. The second-order valence-electron chi connectivity index (χ2n) is 5.46. The van der Waals surface area contributed by atoms with Crippen LogP contribution < -0.4 is 0 Å². The fourth-order valence-electron chi connectivity index (χ4n) is 2.87. The van der Waals surface area contributed by atoms with Crippen molar-refractivity contribution in [2.75, 3.05) is 39.4 Å². The van der Waals surface area contributed by atoms with Gasteiger partial charge >= 0.3 is 0 Å². The fourth-order valence-corrected chi connectivity index (χ4v) is 3.82. The van der Waals surface area contributed by atoms with Crippen LogP contribution in [0.3, 0.4) is 0 Å². The van der Waals surface area contributed by atoms with Gasteiger partial charge in [0.25, 0.3) is 0 Å². The monoisotopic (exact) mass is 284 g/mol. The maximum Gasteiger partial charge on any atom is 0.141 e. The summed E-state index contributed by atoms with van der Waals surface area (Å²) in [6.07, 6.45) is -0.800. The largest absolute Gasteiger partial charge is 0.377 e. The van der Waals surface area contributed by atoms with E-state index in [1.807, 2.05) is 11.3 Å². The summed E-state index contributed by atoms with van der Waals surface area (Å²) < 4.78 is 18.9. The minimum absolute atomic E-state index is 0.00868. The van der Waals surface area contributed by atoms with E-state index < -0.39 is 6.17 Å². The van der Waals surface area contributed by atoms with E-state index in [2.05, 4.69) is 28.2 Å². The van der Waals surface area contributed by atoms with Gasteiger partial charge in [-0.1, -0.05) is 0 Å². The number of alkyl halides is 1. The van der Waals surface area contributed by atoms with Crippen LogP contribution in [0.1, 0.15) is 10.4 Å². The van der Waals surface area contributed by atoms with Crippen molar-refractivity contribution in [2.45, 2.75) is 25.7 Å². The molecule has 2 unspecified atom stereocenters. The average molecular weight is 284 g/mol. The van der Waals surface area contributed by atoms with Gasteiger partial charge in [-0.05, 0) is 23.9 Å². The standard InChI is InChI=1S/C14H21FN2OS/c1-11-2-7-19-14(11)8-16-3-5-17(6-4-16)13-10-18-9-12(13)15/h2,7,12-13H,3-6,8-10H2,1H3. The molecule has 0 amide bonds. The summed E-state index contributed by atoms with van der Waals surface area (Å²) in [7, 11) is 0. The molecule has 0 aliphatic carbocycles. The third-order valence-electron chi connectivity index (χ3n) is 4.19. The molecule has 2 aliphatic rings. The summed E-state index contributed by atoms with van der Waals surface area (Å²) in [4.78, 5) is 6.19. The molecule has 5 heteroatoms. The third kappa shape index (κ3) is 2.99. The zero-order valence-electron chi connectivity index (χ0n) is 11.3. The first kappa shape index (κ1) is 13.5. The van der Waals surface area contributed by atoms with Crippen LogP contribution in [-0.4, -0.2) is 61.4 Å². The molecule has 2 aliphatic heterocycles. The van der Waals surface area contributed by atoms with Crippen LogP contribution in [-0.2, 0) is 11.3 Å². The van der Waals surface area contributed by atoms with Crippen molar-refractivity contribution in [1.82, 2.24) is 9.80 Å². The zero-order valence-corrected chi connectivity index (χ0v) is 12.2. The van der Waals surface area contributed by atoms with Crippen LogP contribution in [0, 0.1) is 6.92 Å². The Balaban J connectivity index is 1.51. The van der Waals surface area contributed by atoms with Crippen LogP contribution in [0.4, 0.5) is 4.39 Å². The maximum atomic E-state index is 13.6. The molecule has 3 heterocycles. The van der Waals surface area contributed by atoms with Gasteiger partial charge in [0.2, 0.25) is 0 Å². The summed E-state index contributed by atoms with van der Waals surface area (Å²) in [6.45, 7) is 8.02. The summed E-state index contributed by atoms with van der Waals surface area (Å²) in [5.74, 6) is 0.